The summed E-state index contributed by atoms with van der Waals surface area (Å²) in [5, 5.41) is 13.1. The minimum atomic E-state index is -3.91. The van der Waals surface area contributed by atoms with E-state index >= 15 is 0 Å². The molecule has 10 nitrogen and oxygen atoms in total. The van der Waals surface area contributed by atoms with Crippen molar-refractivity contribution >= 4 is 33.3 Å². The quantitative estimate of drug-likeness (QED) is 0.375. The summed E-state index contributed by atoms with van der Waals surface area (Å²) in [7, 11) is -3.91. The van der Waals surface area contributed by atoms with Gasteiger partial charge in [0, 0.05) is 17.8 Å². The topological polar surface area (TPSA) is 145 Å². The van der Waals surface area contributed by atoms with Crippen LogP contribution in [0.3, 0.4) is 0 Å². The molecule has 0 fully saturated rings. The van der Waals surface area contributed by atoms with Gasteiger partial charge in [0.25, 0.3) is 11.6 Å². The fourth-order valence-corrected chi connectivity index (χ4v) is 3.26. The Morgan fingerprint density at radius 2 is 1.83 bits per heavy atom. The van der Waals surface area contributed by atoms with Crippen molar-refractivity contribution in [1.29, 1.82) is 0 Å². The lowest BCUT2D eigenvalue weighted by molar-refractivity contribution is -0.384. The van der Waals surface area contributed by atoms with Crippen molar-refractivity contribution in [3.05, 3.63) is 63.7 Å². The molecule has 2 aromatic rings. The van der Waals surface area contributed by atoms with E-state index in [0.29, 0.717) is 0 Å². The second-order valence-electron chi connectivity index (χ2n) is 6.09. The van der Waals surface area contributed by atoms with E-state index in [9.17, 15) is 28.1 Å². The Kier molecular flexibility index (Phi) is 7.02. The van der Waals surface area contributed by atoms with Crippen molar-refractivity contribution in [2.45, 2.75) is 18.7 Å². The largest absolute Gasteiger partial charge is 0.455 e. The molecule has 0 aliphatic rings. The van der Waals surface area contributed by atoms with Crippen molar-refractivity contribution < 1.29 is 27.7 Å². The molecule has 2 N–H and O–H groups in total. The van der Waals surface area contributed by atoms with Crippen LogP contribution in [0, 0.1) is 24.0 Å². The average molecular weight is 421 g/mol. The van der Waals surface area contributed by atoms with E-state index in [1.807, 2.05) is 6.92 Å². The monoisotopic (exact) mass is 421 g/mol. The number of hydrogen-bond acceptors (Lipinski definition) is 7. The van der Waals surface area contributed by atoms with Gasteiger partial charge in [0.15, 0.2) is 6.61 Å². The highest BCUT2D eigenvalue weighted by molar-refractivity contribution is 7.89. The zero-order chi connectivity index (χ0) is 21.6. The Labute approximate surface area is 167 Å². The van der Waals surface area contributed by atoms with E-state index in [0.717, 1.165) is 17.2 Å². The third-order valence-electron chi connectivity index (χ3n) is 3.90. The maximum atomic E-state index is 12.2. The van der Waals surface area contributed by atoms with Gasteiger partial charge in [-0.2, -0.15) is 4.72 Å². The molecule has 1 amide bonds. The molecular formula is C18H19N3O7S. The predicted octanol–water partition coefficient (Wildman–Crippen LogP) is 1.67. The number of sulfonamides is 1. The van der Waals surface area contributed by atoms with Crippen molar-refractivity contribution in [2.24, 2.45) is 0 Å². The van der Waals surface area contributed by atoms with Crippen LogP contribution in [0.4, 0.5) is 11.4 Å². The van der Waals surface area contributed by atoms with E-state index in [1.165, 1.54) is 30.3 Å². The highest BCUT2D eigenvalue weighted by Crippen LogP contribution is 2.17. The molecule has 0 unspecified atom stereocenters. The summed E-state index contributed by atoms with van der Waals surface area (Å²) < 4.78 is 31.2. The summed E-state index contributed by atoms with van der Waals surface area (Å²) in [6, 6.07) is 9.79. The highest BCUT2D eigenvalue weighted by atomic mass is 32.2. The molecule has 29 heavy (non-hydrogen) atoms. The van der Waals surface area contributed by atoms with E-state index in [4.69, 9.17) is 4.74 Å². The fraction of sp³-hybridized carbons (Fsp3) is 0.222. The molecule has 0 aromatic heterocycles. The summed E-state index contributed by atoms with van der Waals surface area (Å²) in [5.74, 6) is -1.68. The first-order chi connectivity index (χ1) is 13.6. The van der Waals surface area contributed by atoms with E-state index in [-0.39, 0.29) is 16.3 Å². The molecule has 0 aliphatic carbocycles. The van der Waals surface area contributed by atoms with Crippen molar-refractivity contribution in [3.63, 3.8) is 0 Å². The molecule has 0 bridgehead atoms. The number of carbonyl (C=O) groups is 2. The molecule has 154 valence electrons. The zero-order valence-corrected chi connectivity index (χ0v) is 16.5. The van der Waals surface area contributed by atoms with Gasteiger partial charge in [0.05, 0.1) is 9.82 Å². The summed E-state index contributed by atoms with van der Waals surface area (Å²) >= 11 is 0. The van der Waals surface area contributed by atoms with Crippen LogP contribution < -0.4 is 10.0 Å². The Balaban J connectivity index is 1.84. The number of carbonyl (C=O) groups excluding carboxylic acids is 2. The van der Waals surface area contributed by atoms with Crippen LogP contribution in [0.5, 0.6) is 0 Å². The van der Waals surface area contributed by atoms with Gasteiger partial charge < -0.3 is 10.1 Å². The maximum absolute atomic E-state index is 12.2. The standard InChI is InChI=1S/C18H19N3O7S/c1-12-6-7-16(8-13(12)2)29(26,27)19-10-18(23)28-11-17(22)20-14-4-3-5-15(9-14)21(24)25/h3-9,19H,10-11H2,1-2H3,(H,20,22). The van der Waals surface area contributed by atoms with Crippen LogP contribution in [0.1, 0.15) is 11.1 Å². The number of amides is 1. The third kappa shape index (κ3) is 6.36. The number of ether oxygens (including phenoxy) is 1. The molecule has 11 heteroatoms. The van der Waals surface area contributed by atoms with Gasteiger partial charge >= 0.3 is 5.97 Å². The lowest BCUT2D eigenvalue weighted by Crippen LogP contribution is -2.32. The first-order valence-corrected chi connectivity index (χ1v) is 9.83. The molecule has 0 spiro atoms. The number of benzene rings is 2. The average Bonchev–Trinajstić information content (AvgIpc) is 2.67. The van der Waals surface area contributed by atoms with Crippen LogP contribution in [0.25, 0.3) is 0 Å². The molecule has 2 rings (SSSR count). The second kappa shape index (κ2) is 9.26. The van der Waals surface area contributed by atoms with Gasteiger partial charge in [-0.3, -0.25) is 19.7 Å². The van der Waals surface area contributed by atoms with Crippen molar-refractivity contribution in [1.82, 2.24) is 4.72 Å². The second-order valence-corrected chi connectivity index (χ2v) is 7.85. The number of hydrogen-bond donors (Lipinski definition) is 2. The van der Waals surface area contributed by atoms with Gasteiger partial charge in [0.1, 0.15) is 6.54 Å². The molecule has 0 radical (unpaired) electrons. The Morgan fingerprint density at radius 1 is 1.10 bits per heavy atom. The number of nitrogens with one attached hydrogen (secondary N) is 2. The SMILES string of the molecule is Cc1ccc(S(=O)(=O)NCC(=O)OCC(=O)Nc2cccc([N+](=O)[O-])c2)cc1C. The molecule has 2 aromatic carbocycles. The van der Waals surface area contributed by atoms with Gasteiger partial charge in [-0.25, -0.2) is 8.42 Å². The Morgan fingerprint density at radius 3 is 2.48 bits per heavy atom. The Hall–Kier alpha value is -3.31. The lowest BCUT2D eigenvalue weighted by Gasteiger charge is -2.09. The van der Waals surface area contributed by atoms with E-state index < -0.39 is 40.0 Å². The van der Waals surface area contributed by atoms with Gasteiger partial charge in [-0.05, 0) is 43.2 Å². The minimum Gasteiger partial charge on any atom is -0.455 e. The number of rotatable bonds is 8. The number of nitrogens with zero attached hydrogens (tertiary/aromatic N) is 1. The highest BCUT2D eigenvalue weighted by Gasteiger charge is 2.17. The number of esters is 1. The lowest BCUT2D eigenvalue weighted by atomic mass is 10.1. The van der Waals surface area contributed by atoms with Crippen LogP contribution in [0.2, 0.25) is 0 Å². The van der Waals surface area contributed by atoms with E-state index in [2.05, 4.69) is 10.0 Å². The first kappa shape index (κ1) is 22.0. The summed E-state index contributed by atoms with van der Waals surface area (Å²) in [4.78, 5) is 33.6. The number of non-ortho nitro benzene ring substituents is 1. The molecular weight excluding hydrogens is 402 g/mol. The number of nitro benzene ring substituents is 1. The molecule has 0 heterocycles. The normalized spacial score (nSPS) is 11.0. The Bertz CT molecular complexity index is 1050. The predicted molar refractivity (Wildman–Crippen MR) is 104 cm³/mol. The first-order valence-electron chi connectivity index (χ1n) is 8.35. The van der Waals surface area contributed by atoms with Gasteiger partial charge in [0.2, 0.25) is 10.0 Å². The fourth-order valence-electron chi connectivity index (χ4n) is 2.21. The third-order valence-corrected chi connectivity index (χ3v) is 5.30. The smallest absolute Gasteiger partial charge is 0.321 e. The van der Waals surface area contributed by atoms with Crippen LogP contribution in [0.15, 0.2) is 47.4 Å². The number of anilines is 1. The van der Waals surface area contributed by atoms with Crippen molar-refractivity contribution in [2.75, 3.05) is 18.5 Å². The summed E-state index contributed by atoms with van der Waals surface area (Å²) in [6.07, 6.45) is 0. The summed E-state index contributed by atoms with van der Waals surface area (Å²) in [5.41, 5.74) is 1.67. The maximum Gasteiger partial charge on any atom is 0.321 e. The van der Waals surface area contributed by atoms with Crippen LogP contribution in [-0.4, -0.2) is 38.4 Å². The van der Waals surface area contributed by atoms with Gasteiger partial charge in [-0.1, -0.05) is 12.1 Å². The molecule has 0 aliphatic heterocycles. The molecule has 0 saturated carbocycles. The van der Waals surface area contributed by atoms with E-state index in [1.54, 1.807) is 13.0 Å². The number of nitro groups is 1. The van der Waals surface area contributed by atoms with Crippen molar-refractivity contribution in [3.8, 4) is 0 Å². The minimum absolute atomic E-state index is 0.0109. The van der Waals surface area contributed by atoms with Gasteiger partial charge in [-0.15, -0.1) is 0 Å². The zero-order valence-electron chi connectivity index (χ0n) is 15.7. The van der Waals surface area contributed by atoms with Crippen LogP contribution in [-0.2, 0) is 24.3 Å². The molecule has 0 atom stereocenters. The van der Waals surface area contributed by atoms with Crippen LogP contribution >= 0.6 is 0 Å². The summed E-state index contributed by atoms with van der Waals surface area (Å²) in [6.45, 7) is 2.28. The number of aryl methyl sites for hydroxylation is 2. The molecule has 0 saturated heterocycles.